The summed E-state index contributed by atoms with van der Waals surface area (Å²) in [5.41, 5.74) is 4.69. The third-order valence-corrected chi connectivity index (χ3v) is 2.11. The molecule has 1 rings (SSSR count). The van der Waals surface area contributed by atoms with Crippen LogP contribution in [0.1, 0.15) is 18.1 Å². The van der Waals surface area contributed by atoms with E-state index in [0.717, 1.165) is 11.1 Å². The van der Waals surface area contributed by atoms with E-state index in [1.165, 1.54) is 11.1 Å². The molecule has 0 aliphatic carbocycles. The van der Waals surface area contributed by atoms with E-state index in [0.29, 0.717) is 0 Å². The number of rotatable bonds is 3. The van der Waals surface area contributed by atoms with Crippen LogP contribution < -0.4 is 0 Å². The zero-order valence-electron chi connectivity index (χ0n) is 8.88. The molecule has 1 aromatic rings. The van der Waals surface area contributed by atoms with Gasteiger partial charge in [-0.25, -0.2) is 0 Å². The molecule has 0 fully saturated rings. The first-order valence-electron chi connectivity index (χ1n) is 4.71. The van der Waals surface area contributed by atoms with Crippen LogP contribution in [0.25, 0.3) is 5.57 Å². The number of benzene rings is 1. The van der Waals surface area contributed by atoms with Crippen LogP contribution in [0.3, 0.4) is 0 Å². The van der Waals surface area contributed by atoms with Gasteiger partial charge in [0, 0.05) is 0 Å². The molecule has 0 N–H and O–H groups in total. The van der Waals surface area contributed by atoms with E-state index < -0.39 is 0 Å². The zero-order valence-corrected chi connectivity index (χ0v) is 8.88. The topological polar surface area (TPSA) is 0 Å². The Bertz CT molecular complexity index is 364. The SMILES string of the molecule is C=C/C=C(\C(=C)C)c1ccc(C)cc1. The van der Waals surface area contributed by atoms with E-state index in [-0.39, 0.29) is 0 Å². The Morgan fingerprint density at radius 3 is 2.21 bits per heavy atom. The molecular weight excluding hydrogens is 168 g/mol. The van der Waals surface area contributed by atoms with Gasteiger partial charge in [-0.05, 0) is 25.0 Å². The Morgan fingerprint density at radius 2 is 1.79 bits per heavy atom. The minimum Gasteiger partial charge on any atom is -0.0990 e. The third kappa shape index (κ3) is 2.46. The molecule has 0 radical (unpaired) electrons. The average molecular weight is 184 g/mol. The lowest BCUT2D eigenvalue weighted by Gasteiger charge is -2.06. The van der Waals surface area contributed by atoms with Gasteiger partial charge in [0.25, 0.3) is 0 Å². The molecule has 14 heavy (non-hydrogen) atoms. The van der Waals surface area contributed by atoms with Gasteiger partial charge in [-0.15, -0.1) is 0 Å². The fourth-order valence-electron chi connectivity index (χ4n) is 1.34. The predicted molar refractivity (Wildman–Crippen MR) is 64.2 cm³/mol. The molecule has 0 aliphatic rings. The number of hydrogen-bond acceptors (Lipinski definition) is 0. The lowest BCUT2D eigenvalue weighted by atomic mass is 9.99. The Morgan fingerprint density at radius 1 is 1.21 bits per heavy atom. The fourth-order valence-corrected chi connectivity index (χ4v) is 1.34. The van der Waals surface area contributed by atoms with Crippen LogP contribution in [-0.2, 0) is 0 Å². The van der Waals surface area contributed by atoms with E-state index in [1.807, 2.05) is 13.0 Å². The minimum atomic E-state index is 1.06. The van der Waals surface area contributed by atoms with Crippen molar-refractivity contribution in [2.75, 3.05) is 0 Å². The van der Waals surface area contributed by atoms with Crippen molar-refractivity contribution >= 4 is 5.57 Å². The molecule has 0 unspecified atom stereocenters. The first kappa shape index (κ1) is 10.5. The van der Waals surface area contributed by atoms with Gasteiger partial charge in [0.05, 0.1) is 0 Å². The Balaban J connectivity index is 3.12. The summed E-state index contributed by atoms with van der Waals surface area (Å²) in [5, 5.41) is 0. The van der Waals surface area contributed by atoms with Crippen molar-refractivity contribution in [3.63, 3.8) is 0 Å². The number of aryl methyl sites for hydroxylation is 1. The van der Waals surface area contributed by atoms with Gasteiger partial charge in [-0.1, -0.05) is 60.7 Å². The van der Waals surface area contributed by atoms with Crippen molar-refractivity contribution in [2.45, 2.75) is 13.8 Å². The van der Waals surface area contributed by atoms with Crippen molar-refractivity contribution in [2.24, 2.45) is 0 Å². The lowest BCUT2D eigenvalue weighted by molar-refractivity contribution is 1.44. The number of hydrogen-bond donors (Lipinski definition) is 0. The summed E-state index contributed by atoms with van der Waals surface area (Å²) in [6.45, 7) is 11.8. The van der Waals surface area contributed by atoms with Crippen molar-refractivity contribution < 1.29 is 0 Å². The predicted octanol–water partition coefficient (Wildman–Crippen LogP) is 4.14. The van der Waals surface area contributed by atoms with Crippen molar-refractivity contribution in [1.29, 1.82) is 0 Å². The van der Waals surface area contributed by atoms with Gasteiger partial charge in [-0.3, -0.25) is 0 Å². The van der Waals surface area contributed by atoms with Gasteiger partial charge in [0.1, 0.15) is 0 Å². The molecule has 0 aliphatic heterocycles. The maximum Gasteiger partial charge on any atom is -0.0161 e. The summed E-state index contributed by atoms with van der Waals surface area (Å²) in [5.74, 6) is 0. The second-order valence-corrected chi connectivity index (χ2v) is 3.46. The molecule has 0 aromatic heterocycles. The number of allylic oxidation sites excluding steroid dienone is 4. The smallest absolute Gasteiger partial charge is 0.0161 e. The first-order valence-corrected chi connectivity index (χ1v) is 4.71. The molecule has 0 heterocycles. The summed E-state index contributed by atoms with van der Waals surface area (Å²) >= 11 is 0. The fraction of sp³-hybridized carbons (Fsp3) is 0.143. The minimum absolute atomic E-state index is 1.06. The maximum atomic E-state index is 3.96. The summed E-state index contributed by atoms with van der Waals surface area (Å²) in [6.07, 6.45) is 3.79. The molecule has 1 aromatic carbocycles. The van der Waals surface area contributed by atoms with Crippen molar-refractivity contribution in [3.05, 3.63) is 66.3 Å². The molecule has 0 saturated heterocycles. The molecule has 0 amide bonds. The zero-order chi connectivity index (χ0) is 10.6. The Hall–Kier alpha value is -1.56. The average Bonchev–Trinajstić information content (AvgIpc) is 2.15. The van der Waals surface area contributed by atoms with Crippen LogP contribution in [-0.4, -0.2) is 0 Å². The van der Waals surface area contributed by atoms with Gasteiger partial charge in [-0.2, -0.15) is 0 Å². The van der Waals surface area contributed by atoms with Crippen molar-refractivity contribution in [1.82, 2.24) is 0 Å². The Labute approximate surface area is 86.3 Å². The monoisotopic (exact) mass is 184 g/mol. The van der Waals surface area contributed by atoms with Crippen LogP contribution in [0.2, 0.25) is 0 Å². The van der Waals surface area contributed by atoms with Crippen LogP contribution in [0, 0.1) is 6.92 Å². The highest BCUT2D eigenvalue weighted by molar-refractivity contribution is 5.78. The molecule has 0 bridgehead atoms. The standard InChI is InChI=1S/C14H16/c1-5-6-14(11(2)3)13-9-7-12(4)8-10-13/h5-10H,1-2H2,3-4H3/b14-6+. The van der Waals surface area contributed by atoms with Crippen LogP contribution in [0.4, 0.5) is 0 Å². The van der Waals surface area contributed by atoms with Gasteiger partial charge in [0.15, 0.2) is 0 Å². The highest BCUT2D eigenvalue weighted by atomic mass is 14.0. The van der Waals surface area contributed by atoms with E-state index in [4.69, 9.17) is 0 Å². The Kier molecular flexibility index (Phi) is 3.47. The highest BCUT2D eigenvalue weighted by Crippen LogP contribution is 2.21. The highest BCUT2D eigenvalue weighted by Gasteiger charge is 2.00. The summed E-state index contributed by atoms with van der Waals surface area (Å²) in [7, 11) is 0. The molecule has 72 valence electrons. The normalized spacial score (nSPS) is 11.1. The van der Waals surface area contributed by atoms with Crippen LogP contribution in [0.5, 0.6) is 0 Å². The molecule has 0 spiro atoms. The summed E-state index contributed by atoms with van der Waals surface area (Å²) in [6, 6.07) is 8.43. The first-order chi connectivity index (χ1) is 6.65. The van der Waals surface area contributed by atoms with Gasteiger partial charge < -0.3 is 0 Å². The maximum absolute atomic E-state index is 3.96. The summed E-state index contributed by atoms with van der Waals surface area (Å²) < 4.78 is 0. The van der Waals surface area contributed by atoms with E-state index >= 15 is 0 Å². The molecule has 0 atom stereocenters. The van der Waals surface area contributed by atoms with Crippen molar-refractivity contribution in [3.8, 4) is 0 Å². The van der Waals surface area contributed by atoms with E-state index in [9.17, 15) is 0 Å². The molecule has 0 saturated carbocycles. The van der Waals surface area contributed by atoms with Crippen LogP contribution >= 0.6 is 0 Å². The van der Waals surface area contributed by atoms with Crippen LogP contribution in [0.15, 0.2) is 55.1 Å². The molecular formula is C14H16. The molecule has 0 nitrogen and oxygen atoms in total. The molecule has 0 heteroatoms. The van der Waals surface area contributed by atoms with Gasteiger partial charge >= 0.3 is 0 Å². The third-order valence-electron chi connectivity index (χ3n) is 2.11. The second-order valence-electron chi connectivity index (χ2n) is 3.46. The largest absolute Gasteiger partial charge is 0.0990 e. The quantitative estimate of drug-likeness (QED) is 0.619. The van der Waals surface area contributed by atoms with E-state index in [2.05, 4.69) is 44.3 Å². The van der Waals surface area contributed by atoms with E-state index in [1.54, 1.807) is 6.08 Å². The summed E-state index contributed by atoms with van der Waals surface area (Å²) in [4.78, 5) is 0. The van der Waals surface area contributed by atoms with Gasteiger partial charge in [0.2, 0.25) is 0 Å². The lowest BCUT2D eigenvalue weighted by Crippen LogP contribution is -1.85. The second kappa shape index (κ2) is 4.61.